The van der Waals surface area contributed by atoms with Crippen molar-refractivity contribution >= 4 is 11.7 Å². The van der Waals surface area contributed by atoms with E-state index >= 15 is 0 Å². The van der Waals surface area contributed by atoms with Crippen LogP contribution in [0, 0.1) is 0 Å². The second-order valence-electron chi connectivity index (χ2n) is 1.89. The molecule has 0 heterocycles. The number of hydrogen-bond acceptors (Lipinski definition) is 3. The van der Waals surface area contributed by atoms with Crippen molar-refractivity contribution in [2.24, 2.45) is 0 Å². The van der Waals surface area contributed by atoms with E-state index in [4.69, 9.17) is 15.9 Å². The molecule has 1 rings (SSSR count). The van der Waals surface area contributed by atoms with Crippen molar-refractivity contribution in [3.05, 3.63) is 29.8 Å². The number of aromatic carboxylic acids is 1. The molecule has 0 bridgehead atoms. The molecule has 66 valence electrons. The maximum Gasteiger partial charge on any atom is 0.337 e. The van der Waals surface area contributed by atoms with E-state index < -0.39 is 5.97 Å². The first-order chi connectivity index (χ1) is 5.72. The monoisotopic (exact) mass is 169 g/mol. The molecule has 0 aromatic heterocycles. The number of nitrogens with two attached hydrogens (primary N) is 1. The molecule has 0 aliphatic heterocycles. The number of benzene rings is 1. The number of carboxylic acids is 1. The number of carboxylic acid groups (broad SMARTS) is 1. The molecular weight excluding hydrogens is 158 g/mol. The Hall–Kier alpha value is -1.55. The van der Waals surface area contributed by atoms with Gasteiger partial charge in [-0.2, -0.15) is 0 Å². The first-order valence-electron chi connectivity index (χ1n) is 3.24. The summed E-state index contributed by atoms with van der Waals surface area (Å²) in [7, 11) is 1.00. The van der Waals surface area contributed by atoms with E-state index in [9.17, 15) is 4.79 Å². The fraction of sp³-hybridized carbons (Fsp3) is 0.125. The van der Waals surface area contributed by atoms with Gasteiger partial charge >= 0.3 is 5.97 Å². The van der Waals surface area contributed by atoms with Crippen LogP contribution >= 0.6 is 0 Å². The highest BCUT2D eigenvalue weighted by molar-refractivity contribution is 5.93. The highest BCUT2D eigenvalue weighted by Crippen LogP contribution is 2.08. The number of carbonyl (C=O) groups is 1. The van der Waals surface area contributed by atoms with Gasteiger partial charge in [-0.25, -0.2) is 4.79 Å². The topological polar surface area (TPSA) is 83.5 Å². The number of hydrogen-bond donors (Lipinski definition) is 3. The van der Waals surface area contributed by atoms with E-state index in [1.165, 1.54) is 6.07 Å². The average molecular weight is 169 g/mol. The zero-order valence-corrected chi connectivity index (χ0v) is 6.69. The van der Waals surface area contributed by atoms with Crippen molar-refractivity contribution in [1.82, 2.24) is 0 Å². The van der Waals surface area contributed by atoms with Gasteiger partial charge in [-0.15, -0.1) is 0 Å². The molecule has 0 spiro atoms. The number of anilines is 1. The predicted octanol–water partition coefficient (Wildman–Crippen LogP) is 0.575. The van der Waals surface area contributed by atoms with Gasteiger partial charge in [-0.3, -0.25) is 0 Å². The van der Waals surface area contributed by atoms with Crippen molar-refractivity contribution in [3.63, 3.8) is 0 Å². The maximum atomic E-state index is 10.3. The SMILES string of the molecule is CO.Nc1ccccc1C(=O)O. The highest BCUT2D eigenvalue weighted by Gasteiger charge is 2.03. The second kappa shape index (κ2) is 5.15. The van der Waals surface area contributed by atoms with Gasteiger partial charge in [0.2, 0.25) is 0 Å². The third kappa shape index (κ3) is 2.59. The summed E-state index contributed by atoms with van der Waals surface area (Å²) in [6, 6.07) is 6.36. The summed E-state index contributed by atoms with van der Waals surface area (Å²) in [4.78, 5) is 10.3. The van der Waals surface area contributed by atoms with E-state index in [1.54, 1.807) is 18.2 Å². The standard InChI is InChI=1S/C7H7NO2.CH4O/c8-6-4-2-1-3-5(6)7(9)10;1-2/h1-4H,8H2,(H,9,10);2H,1H3. The van der Waals surface area contributed by atoms with E-state index in [0.29, 0.717) is 5.69 Å². The Labute approximate surface area is 70.3 Å². The molecule has 4 nitrogen and oxygen atoms in total. The van der Waals surface area contributed by atoms with Crippen molar-refractivity contribution in [3.8, 4) is 0 Å². The molecule has 0 unspecified atom stereocenters. The minimum Gasteiger partial charge on any atom is -0.478 e. The largest absolute Gasteiger partial charge is 0.478 e. The molecule has 0 atom stereocenters. The molecule has 0 aliphatic carbocycles. The van der Waals surface area contributed by atoms with Crippen LogP contribution in [0.3, 0.4) is 0 Å². The summed E-state index contributed by atoms with van der Waals surface area (Å²) in [5.41, 5.74) is 5.80. The fourth-order valence-electron chi connectivity index (χ4n) is 0.692. The Balaban J connectivity index is 0.000000561. The van der Waals surface area contributed by atoms with E-state index in [2.05, 4.69) is 0 Å². The Bertz CT molecular complexity index is 260. The van der Waals surface area contributed by atoms with Crippen LogP contribution in [0.1, 0.15) is 10.4 Å². The Morgan fingerprint density at radius 3 is 2.17 bits per heavy atom. The lowest BCUT2D eigenvalue weighted by molar-refractivity contribution is 0.0698. The molecule has 0 saturated heterocycles. The molecular formula is C8H11NO3. The smallest absolute Gasteiger partial charge is 0.337 e. The summed E-state index contributed by atoms with van der Waals surface area (Å²) >= 11 is 0. The fourth-order valence-corrected chi connectivity index (χ4v) is 0.692. The Morgan fingerprint density at radius 1 is 1.33 bits per heavy atom. The van der Waals surface area contributed by atoms with Gasteiger partial charge in [0.15, 0.2) is 0 Å². The molecule has 0 fully saturated rings. The van der Waals surface area contributed by atoms with Gasteiger partial charge in [-0.1, -0.05) is 12.1 Å². The molecule has 12 heavy (non-hydrogen) atoms. The minimum atomic E-state index is -0.988. The Kier molecular flexibility index (Phi) is 4.48. The van der Waals surface area contributed by atoms with Crippen LogP contribution in [0.5, 0.6) is 0 Å². The van der Waals surface area contributed by atoms with E-state index in [0.717, 1.165) is 7.11 Å². The van der Waals surface area contributed by atoms with Crippen molar-refractivity contribution in [1.29, 1.82) is 0 Å². The summed E-state index contributed by atoms with van der Waals surface area (Å²) in [5, 5.41) is 15.5. The van der Waals surface area contributed by atoms with Gasteiger partial charge in [0, 0.05) is 12.8 Å². The number of rotatable bonds is 1. The minimum absolute atomic E-state index is 0.155. The highest BCUT2D eigenvalue weighted by atomic mass is 16.4. The molecule has 1 aromatic rings. The lowest BCUT2D eigenvalue weighted by Gasteiger charge is -1.96. The molecule has 0 radical (unpaired) electrons. The quantitative estimate of drug-likeness (QED) is 0.537. The molecule has 0 saturated carbocycles. The van der Waals surface area contributed by atoms with Gasteiger partial charge in [-0.05, 0) is 12.1 Å². The van der Waals surface area contributed by atoms with Crippen LogP contribution in [0.2, 0.25) is 0 Å². The van der Waals surface area contributed by atoms with Gasteiger partial charge in [0.1, 0.15) is 0 Å². The third-order valence-electron chi connectivity index (χ3n) is 1.19. The van der Waals surface area contributed by atoms with Crippen LogP contribution in [0.15, 0.2) is 24.3 Å². The predicted molar refractivity (Wildman–Crippen MR) is 46.0 cm³/mol. The average Bonchev–Trinajstić information content (AvgIpc) is 2.08. The molecule has 4 N–H and O–H groups in total. The van der Waals surface area contributed by atoms with Crippen molar-refractivity contribution in [2.75, 3.05) is 12.8 Å². The lowest BCUT2D eigenvalue weighted by atomic mass is 10.2. The molecule has 4 heteroatoms. The summed E-state index contributed by atoms with van der Waals surface area (Å²) in [6.45, 7) is 0. The van der Waals surface area contributed by atoms with Crippen LogP contribution in [-0.4, -0.2) is 23.3 Å². The number of nitrogen functional groups attached to an aromatic ring is 1. The van der Waals surface area contributed by atoms with Crippen LogP contribution in [0.4, 0.5) is 5.69 Å². The lowest BCUT2D eigenvalue weighted by Crippen LogP contribution is -2.00. The molecule has 0 amide bonds. The zero-order chi connectivity index (χ0) is 9.56. The number of para-hydroxylation sites is 1. The van der Waals surface area contributed by atoms with E-state index in [1.807, 2.05) is 0 Å². The zero-order valence-electron chi connectivity index (χ0n) is 6.69. The Morgan fingerprint density at radius 2 is 1.83 bits per heavy atom. The maximum absolute atomic E-state index is 10.3. The van der Waals surface area contributed by atoms with Crippen molar-refractivity contribution in [2.45, 2.75) is 0 Å². The van der Waals surface area contributed by atoms with E-state index in [-0.39, 0.29) is 5.56 Å². The normalized spacial score (nSPS) is 8.17. The summed E-state index contributed by atoms with van der Waals surface area (Å²) in [5.74, 6) is -0.988. The van der Waals surface area contributed by atoms with Gasteiger partial charge in [0.05, 0.1) is 5.56 Å². The first-order valence-corrected chi connectivity index (χ1v) is 3.24. The van der Waals surface area contributed by atoms with Crippen LogP contribution in [0.25, 0.3) is 0 Å². The third-order valence-corrected chi connectivity index (χ3v) is 1.19. The van der Waals surface area contributed by atoms with Crippen LogP contribution in [-0.2, 0) is 0 Å². The second-order valence-corrected chi connectivity index (χ2v) is 1.89. The first kappa shape index (κ1) is 10.4. The summed E-state index contributed by atoms with van der Waals surface area (Å²) in [6.07, 6.45) is 0. The van der Waals surface area contributed by atoms with Crippen LogP contribution < -0.4 is 5.73 Å². The molecule has 1 aromatic carbocycles. The molecule has 0 aliphatic rings. The number of aliphatic hydroxyl groups excluding tert-OH is 1. The van der Waals surface area contributed by atoms with Gasteiger partial charge in [0.25, 0.3) is 0 Å². The number of aliphatic hydroxyl groups is 1. The van der Waals surface area contributed by atoms with Gasteiger partial charge < -0.3 is 15.9 Å². The van der Waals surface area contributed by atoms with Crippen molar-refractivity contribution < 1.29 is 15.0 Å². The summed E-state index contributed by atoms with van der Waals surface area (Å²) < 4.78 is 0.